The summed E-state index contributed by atoms with van der Waals surface area (Å²) in [6, 6.07) is 0. The lowest BCUT2D eigenvalue weighted by Crippen LogP contribution is -2.21. The normalized spacial score (nSPS) is 33.3. The molecule has 0 fully saturated rings. The van der Waals surface area contributed by atoms with Crippen molar-refractivity contribution in [2.75, 3.05) is 7.05 Å². The number of alkyl halides is 1. The van der Waals surface area contributed by atoms with Crippen LogP contribution >= 0.6 is 15.9 Å². The van der Waals surface area contributed by atoms with Crippen LogP contribution in [-0.2, 0) is 0 Å². The van der Waals surface area contributed by atoms with E-state index in [2.05, 4.69) is 34.2 Å². The fourth-order valence-corrected chi connectivity index (χ4v) is 2.16. The lowest BCUT2D eigenvalue weighted by Gasteiger charge is -2.23. The van der Waals surface area contributed by atoms with Crippen LogP contribution in [0.1, 0.15) is 19.8 Å². The van der Waals surface area contributed by atoms with Gasteiger partial charge in [-0.15, -0.1) is 0 Å². The lowest BCUT2D eigenvalue weighted by atomic mass is 9.94. The topological polar surface area (TPSA) is 12.0 Å². The Kier molecular flexibility index (Phi) is 2.78. The molecule has 2 heteroatoms. The molecule has 2 unspecified atom stereocenters. The molecule has 2 atom stereocenters. The largest absolute Gasteiger partial charge is 0.391 e. The van der Waals surface area contributed by atoms with Crippen molar-refractivity contribution < 1.29 is 0 Å². The van der Waals surface area contributed by atoms with E-state index in [1.807, 2.05) is 7.05 Å². The van der Waals surface area contributed by atoms with E-state index in [4.69, 9.17) is 0 Å². The van der Waals surface area contributed by atoms with Crippen LogP contribution in [0, 0.1) is 5.92 Å². The first kappa shape index (κ1) is 8.12. The molecular weight excluding hydrogens is 190 g/mol. The van der Waals surface area contributed by atoms with E-state index in [9.17, 15) is 0 Å². The molecule has 0 saturated heterocycles. The molecule has 1 aliphatic rings. The van der Waals surface area contributed by atoms with Crippen LogP contribution < -0.4 is 5.32 Å². The van der Waals surface area contributed by atoms with Crippen LogP contribution in [-0.4, -0.2) is 11.9 Å². The van der Waals surface area contributed by atoms with Gasteiger partial charge in [0, 0.05) is 17.6 Å². The van der Waals surface area contributed by atoms with Crippen molar-refractivity contribution in [1.29, 1.82) is 0 Å². The van der Waals surface area contributed by atoms with Gasteiger partial charge in [-0.3, -0.25) is 0 Å². The second-order valence-corrected chi connectivity index (χ2v) is 4.17. The molecule has 0 bridgehead atoms. The zero-order valence-corrected chi connectivity index (χ0v) is 8.11. The standard InChI is InChI=1S/C8H14BrN/c1-6-5-7(9)3-4-8(6)10-2/h4,6-7,10H,3,5H2,1-2H3. The minimum atomic E-state index is 0.694. The Morgan fingerprint density at radius 2 is 2.40 bits per heavy atom. The summed E-state index contributed by atoms with van der Waals surface area (Å²) in [5.74, 6) is 0.697. The summed E-state index contributed by atoms with van der Waals surface area (Å²) < 4.78 is 0. The molecule has 58 valence electrons. The van der Waals surface area contributed by atoms with E-state index < -0.39 is 0 Å². The second-order valence-electron chi connectivity index (χ2n) is 2.88. The van der Waals surface area contributed by atoms with Crippen molar-refractivity contribution >= 4 is 15.9 Å². The van der Waals surface area contributed by atoms with Crippen molar-refractivity contribution in [3.05, 3.63) is 11.8 Å². The molecule has 0 aromatic rings. The first-order valence-electron chi connectivity index (χ1n) is 3.76. The third kappa shape index (κ3) is 1.75. The van der Waals surface area contributed by atoms with Crippen LogP contribution in [0.15, 0.2) is 11.8 Å². The molecule has 0 aromatic heterocycles. The van der Waals surface area contributed by atoms with Crippen molar-refractivity contribution in [2.45, 2.75) is 24.6 Å². The number of hydrogen-bond acceptors (Lipinski definition) is 1. The van der Waals surface area contributed by atoms with E-state index in [0.717, 1.165) is 0 Å². The van der Waals surface area contributed by atoms with Gasteiger partial charge in [-0.2, -0.15) is 0 Å². The summed E-state index contributed by atoms with van der Waals surface area (Å²) in [6.45, 7) is 2.26. The third-order valence-corrected chi connectivity index (χ3v) is 2.77. The molecule has 0 saturated carbocycles. The van der Waals surface area contributed by atoms with Gasteiger partial charge in [0.1, 0.15) is 0 Å². The van der Waals surface area contributed by atoms with Gasteiger partial charge in [0.25, 0.3) is 0 Å². The Morgan fingerprint density at radius 3 is 2.90 bits per heavy atom. The average molecular weight is 204 g/mol. The first-order chi connectivity index (χ1) is 4.74. The van der Waals surface area contributed by atoms with Gasteiger partial charge >= 0.3 is 0 Å². The van der Waals surface area contributed by atoms with Crippen LogP contribution in [0.5, 0.6) is 0 Å². The molecule has 0 aliphatic heterocycles. The van der Waals surface area contributed by atoms with Crippen LogP contribution in [0.3, 0.4) is 0 Å². The van der Waals surface area contributed by atoms with Gasteiger partial charge in [0.2, 0.25) is 0 Å². The number of nitrogens with one attached hydrogen (secondary N) is 1. The molecule has 0 heterocycles. The fraction of sp³-hybridized carbons (Fsp3) is 0.750. The Morgan fingerprint density at radius 1 is 1.70 bits per heavy atom. The first-order valence-corrected chi connectivity index (χ1v) is 4.67. The monoisotopic (exact) mass is 203 g/mol. The summed E-state index contributed by atoms with van der Waals surface area (Å²) >= 11 is 3.61. The van der Waals surface area contributed by atoms with E-state index >= 15 is 0 Å². The van der Waals surface area contributed by atoms with Gasteiger partial charge < -0.3 is 5.32 Å². The maximum atomic E-state index is 3.61. The fourth-order valence-electron chi connectivity index (χ4n) is 1.41. The summed E-state index contributed by atoms with van der Waals surface area (Å²) in [5, 5.41) is 3.21. The summed E-state index contributed by atoms with van der Waals surface area (Å²) in [6.07, 6.45) is 4.71. The number of rotatable bonds is 1. The molecule has 10 heavy (non-hydrogen) atoms. The highest BCUT2D eigenvalue weighted by Gasteiger charge is 2.17. The smallest absolute Gasteiger partial charge is 0.0187 e. The molecule has 1 N–H and O–H groups in total. The number of hydrogen-bond donors (Lipinski definition) is 1. The summed E-state index contributed by atoms with van der Waals surface area (Å²) in [7, 11) is 2.00. The number of halogens is 1. The van der Waals surface area contributed by atoms with E-state index in [1.54, 1.807) is 0 Å². The highest BCUT2D eigenvalue weighted by molar-refractivity contribution is 9.09. The predicted octanol–water partition coefficient (Wildman–Crippen LogP) is 2.28. The average Bonchev–Trinajstić information content (AvgIpc) is 1.88. The van der Waals surface area contributed by atoms with Gasteiger partial charge in [-0.05, 0) is 18.8 Å². The molecule has 0 radical (unpaired) electrons. The minimum Gasteiger partial charge on any atom is -0.391 e. The number of allylic oxidation sites excluding steroid dienone is 2. The van der Waals surface area contributed by atoms with Crippen LogP contribution in [0.4, 0.5) is 0 Å². The zero-order chi connectivity index (χ0) is 7.56. The zero-order valence-electron chi connectivity index (χ0n) is 6.52. The SMILES string of the molecule is CNC1=CCC(Br)CC1C. The molecule has 1 nitrogen and oxygen atoms in total. The Labute approximate surface area is 71.0 Å². The minimum absolute atomic E-state index is 0.694. The van der Waals surface area contributed by atoms with E-state index in [0.29, 0.717) is 10.7 Å². The molecule has 1 aliphatic carbocycles. The maximum Gasteiger partial charge on any atom is 0.0187 e. The van der Waals surface area contributed by atoms with E-state index in [1.165, 1.54) is 18.5 Å². The van der Waals surface area contributed by atoms with Crippen molar-refractivity contribution in [3.63, 3.8) is 0 Å². The molecular formula is C8H14BrN. The summed E-state index contributed by atoms with van der Waals surface area (Å²) in [5.41, 5.74) is 1.40. The van der Waals surface area contributed by atoms with Crippen LogP contribution in [0.2, 0.25) is 0 Å². The van der Waals surface area contributed by atoms with Gasteiger partial charge in [0.05, 0.1) is 0 Å². The second kappa shape index (κ2) is 3.42. The highest BCUT2D eigenvalue weighted by Crippen LogP contribution is 2.26. The van der Waals surface area contributed by atoms with Crippen molar-refractivity contribution in [1.82, 2.24) is 5.32 Å². The lowest BCUT2D eigenvalue weighted by molar-refractivity contribution is 0.537. The highest BCUT2D eigenvalue weighted by atomic mass is 79.9. The molecule has 0 spiro atoms. The predicted molar refractivity (Wildman–Crippen MR) is 48.3 cm³/mol. The Hall–Kier alpha value is 0.0200. The molecule has 0 amide bonds. The Balaban J connectivity index is 2.57. The van der Waals surface area contributed by atoms with Crippen LogP contribution in [0.25, 0.3) is 0 Å². The quantitative estimate of drug-likeness (QED) is 0.646. The van der Waals surface area contributed by atoms with Gasteiger partial charge in [0.15, 0.2) is 0 Å². The Bertz CT molecular complexity index is 142. The molecule has 1 rings (SSSR count). The van der Waals surface area contributed by atoms with E-state index in [-0.39, 0.29) is 0 Å². The third-order valence-electron chi connectivity index (χ3n) is 2.02. The summed E-state index contributed by atoms with van der Waals surface area (Å²) in [4.78, 5) is 0.694. The molecule has 0 aromatic carbocycles. The van der Waals surface area contributed by atoms with Gasteiger partial charge in [-0.25, -0.2) is 0 Å². The van der Waals surface area contributed by atoms with Gasteiger partial charge in [-0.1, -0.05) is 28.9 Å². The van der Waals surface area contributed by atoms with Crippen molar-refractivity contribution in [3.8, 4) is 0 Å². The van der Waals surface area contributed by atoms with Crippen molar-refractivity contribution in [2.24, 2.45) is 5.92 Å². The maximum absolute atomic E-state index is 3.61.